The predicted octanol–water partition coefficient (Wildman–Crippen LogP) is 4.70. The van der Waals surface area contributed by atoms with Crippen molar-refractivity contribution >= 4 is 22.9 Å². The van der Waals surface area contributed by atoms with Crippen LogP contribution in [0.3, 0.4) is 0 Å². The summed E-state index contributed by atoms with van der Waals surface area (Å²) >= 11 is 0. The van der Waals surface area contributed by atoms with Gasteiger partial charge < -0.3 is 9.64 Å². The van der Waals surface area contributed by atoms with Gasteiger partial charge >= 0.3 is 6.09 Å². The van der Waals surface area contributed by atoms with Crippen LogP contribution >= 0.6 is 0 Å². The molecule has 0 fully saturated rings. The number of amides is 1. The van der Waals surface area contributed by atoms with Crippen molar-refractivity contribution in [3.05, 3.63) is 41.6 Å². The zero-order valence-corrected chi connectivity index (χ0v) is 18.2. The molecule has 158 valence electrons. The minimum Gasteiger partial charge on any atom is -0.443 e. The van der Waals surface area contributed by atoms with Gasteiger partial charge in [0, 0.05) is 17.4 Å². The monoisotopic (exact) mass is 408 g/mol. The van der Waals surface area contributed by atoms with Crippen LogP contribution in [0.2, 0.25) is 0 Å². The number of carbonyl (C=O) groups excluding carboxylic acids is 2. The molecule has 7 nitrogen and oxygen atoms in total. The number of nitrogens with zero attached hydrogens (tertiary/aromatic N) is 3. The Hall–Kier alpha value is -3.09. The second-order valence-corrected chi connectivity index (χ2v) is 9.28. The van der Waals surface area contributed by atoms with Crippen LogP contribution in [0.1, 0.15) is 52.3 Å². The van der Waals surface area contributed by atoms with Crippen molar-refractivity contribution in [2.24, 2.45) is 5.92 Å². The van der Waals surface area contributed by atoms with Crippen molar-refractivity contribution in [2.45, 2.75) is 59.7 Å². The van der Waals surface area contributed by atoms with Gasteiger partial charge in [0.15, 0.2) is 0 Å². The van der Waals surface area contributed by atoms with Gasteiger partial charge in [-0.05, 0) is 38.8 Å². The first kappa shape index (κ1) is 20.2. The molecule has 2 aromatic heterocycles. The number of para-hydroxylation sites is 1. The van der Waals surface area contributed by atoms with Crippen LogP contribution in [0, 0.1) is 5.92 Å². The van der Waals surface area contributed by atoms with Crippen molar-refractivity contribution in [2.75, 3.05) is 0 Å². The first-order valence-electron chi connectivity index (χ1n) is 10.3. The number of fused-ring (bicyclic) bond motifs is 2. The smallest absolute Gasteiger partial charge is 0.419 e. The summed E-state index contributed by atoms with van der Waals surface area (Å²) in [6, 6.07) is 9.65. The molecule has 1 aromatic carbocycles. The fourth-order valence-electron chi connectivity index (χ4n) is 3.84. The maximum atomic E-state index is 13.1. The number of benzene rings is 1. The number of ether oxygens (including phenoxy) is 1. The molecule has 0 saturated heterocycles. The van der Waals surface area contributed by atoms with Crippen molar-refractivity contribution in [3.8, 4) is 11.4 Å². The van der Waals surface area contributed by atoms with Crippen LogP contribution in [0.15, 0.2) is 30.3 Å². The molecular formula is C23H28N4O3. The molecule has 30 heavy (non-hydrogen) atoms. The summed E-state index contributed by atoms with van der Waals surface area (Å²) in [5.41, 5.74) is 3.38. The van der Waals surface area contributed by atoms with E-state index in [4.69, 9.17) is 4.74 Å². The van der Waals surface area contributed by atoms with Gasteiger partial charge in [-0.15, -0.1) is 0 Å². The first-order chi connectivity index (χ1) is 14.1. The average molecular weight is 409 g/mol. The van der Waals surface area contributed by atoms with E-state index in [2.05, 4.69) is 10.2 Å². The van der Waals surface area contributed by atoms with Crippen LogP contribution in [0.4, 0.5) is 4.79 Å². The standard InChI is InChI=1S/C23H28N4O3/c1-14(2)10-20(28)26-12-16-17(13-26)24-25-21(16)19-11-15-8-6-7-9-18(15)27(19)22(29)30-23(3,4)5/h6-9,11,14H,10,12-13H2,1-5H3,(H,24,25). The van der Waals surface area contributed by atoms with E-state index in [1.54, 1.807) is 4.57 Å². The van der Waals surface area contributed by atoms with Gasteiger partial charge in [0.25, 0.3) is 0 Å². The fourth-order valence-corrected chi connectivity index (χ4v) is 3.84. The Kier molecular flexibility index (Phi) is 4.92. The lowest BCUT2D eigenvalue weighted by molar-refractivity contribution is -0.132. The number of hydrogen-bond donors (Lipinski definition) is 1. The number of nitrogens with one attached hydrogen (secondary N) is 1. The Balaban J connectivity index is 1.75. The molecule has 4 rings (SSSR count). The SMILES string of the molecule is CC(C)CC(=O)N1Cc2[nH]nc(-c3cc4ccccc4n3C(=O)OC(C)(C)C)c2C1. The molecule has 3 aromatic rings. The van der Waals surface area contributed by atoms with E-state index >= 15 is 0 Å². The topological polar surface area (TPSA) is 80.2 Å². The van der Waals surface area contributed by atoms with Gasteiger partial charge in [-0.3, -0.25) is 9.89 Å². The van der Waals surface area contributed by atoms with Crippen LogP contribution in [-0.4, -0.2) is 37.3 Å². The third-order valence-electron chi connectivity index (χ3n) is 5.12. The van der Waals surface area contributed by atoms with E-state index in [1.807, 2.05) is 69.9 Å². The molecule has 0 radical (unpaired) electrons. The zero-order valence-electron chi connectivity index (χ0n) is 18.2. The molecule has 0 bridgehead atoms. The van der Waals surface area contributed by atoms with Gasteiger partial charge in [-0.25, -0.2) is 9.36 Å². The molecule has 0 unspecified atom stereocenters. The number of carbonyl (C=O) groups is 2. The predicted molar refractivity (Wildman–Crippen MR) is 115 cm³/mol. The molecule has 0 aliphatic carbocycles. The van der Waals surface area contributed by atoms with Gasteiger partial charge in [-0.1, -0.05) is 32.0 Å². The van der Waals surface area contributed by atoms with Gasteiger partial charge in [0.2, 0.25) is 5.91 Å². The molecule has 1 aliphatic heterocycles. The first-order valence-corrected chi connectivity index (χ1v) is 10.3. The molecule has 0 atom stereocenters. The summed E-state index contributed by atoms with van der Waals surface area (Å²) in [6.45, 7) is 10.6. The van der Waals surface area contributed by atoms with Crippen molar-refractivity contribution < 1.29 is 14.3 Å². The quantitative estimate of drug-likeness (QED) is 0.681. The third-order valence-corrected chi connectivity index (χ3v) is 5.12. The Morgan fingerprint density at radius 3 is 2.63 bits per heavy atom. The number of H-pyrrole nitrogens is 1. The lowest BCUT2D eigenvalue weighted by atomic mass is 10.1. The van der Waals surface area contributed by atoms with Crippen LogP contribution in [0.25, 0.3) is 22.3 Å². The van der Waals surface area contributed by atoms with E-state index in [-0.39, 0.29) is 5.91 Å². The molecule has 1 aliphatic rings. The molecule has 1 amide bonds. The highest BCUT2D eigenvalue weighted by atomic mass is 16.6. The molecule has 1 N–H and O–H groups in total. The lowest BCUT2D eigenvalue weighted by Crippen LogP contribution is -2.28. The highest BCUT2D eigenvalue weighted by Gasteiger charge is 2.31. The highest BCUT2D eigenvalue weighted by Crippen LogP contribution is 2.35. The summed E-state index contributed by atoms with van der Waals surface area (Å²) in [5.74, 6) is 0.442. The highest BCUT2D eigenvalue weighted by molar-refractivity contribution is 5.96. The van der Waals surface area contributed by atoms with Crippen molar-refractivity contribution in [3.63, 3.8) is 0 Å². The Morgan fingerprint density at radius 1 is 1.20 bits per heavy atom. The van der Waals surface area contributed by atoms with Crippen LogP contribution in [-0.2, 0) is 22.6 Å². The molecule has 0 saturated carbocycles. The zero-order chi connectivity index (χ0) is 21.6. The molecule has 7 heteroatoms. The molecular weight excluding hydrogens is 380 g/mol. The van der Waals surface area contributed by atoms with E-state index < -0.39 is 11.7 Å². The summed E-state index contributed by atoms with van der Waals surface area (Å²) in [7, 11) is 0. The number of rotatable bonds is 3. The van der Waals surface area contributed by atoms with E-state index in [0.717, 1.165) is 22.2 Å². The van der Waals surface area contributed by atoms with Crippen LogP contribution in [0.5, 0.6) is 0 Å². The summed E-state index contributed by atoms with van der Waals surface area (Å²) < 4.78 is 7.25. The van der Waals surface area contributed by atoms with Crippen molar-refractivity contribution in [1.29, 1.82) is 0 Å². The summed E-state index contributed by atoms with van der Waals surface area (Å²) in [5, 5.41) is 8.51. The lowest BCUT2D eigenvalue weighted by Gasteiger charge is -2.21. The largest absolute Gasteiger partial charge is 0.443 e. The normalized spacial score (nSPS) is 13.9. The third kappa shape index (κ3) is 3.72. The maximum Gasteiger partial charge on any atom is 0.419 e. The second kappa shape index (κ2) is 7.31. The van der Waals surface area contributed by atoms with Gasteiger partial charge in [-0.2, -0.15) is 5.10 Å². The summed E-state index contributed by atoms with van der Waals surface area (Å²) in [4.78, 5) is 27.5. The Labute approximate surface area is 176 Å². The van der Waals surface area contributed by atoms with Crippen molar-refractivity contribution in [1.82, 2.24) is 19.7 Å². The summed E-state index contributed by atoms with van der Waals surface area (Å²) in [6.07, 6.45) is 0.0757. The van der Waals surface area contributed by atoms with Gasteiger partial charge in [0.1, 0.15) is 11.3 Å². The van der Waals surface area contributed by atoms with Gasteiger partial charge in [0.05, 0.1) is 30.0 Å². The number of aromatic nitrogens is 3. The average Bonchev–Trinajstić information content (AvgIpc) is 3.31. The molecule has 0 spiro atoms. The Bertz CT molecular complexity index is 1120. The molecule has 3 heterocycles. The van der Waals surface area contributed by atoms with Crippen LogP contribution < -0.4 is 0 Å². The minimum atomic E-state index is -0.618. The van der Waals surface area contributed by atoms with E-state index in [1.165, 1.54) is 0 Å². The second-order valence-electron chi connectivity index (χ2n) is 9.28. The number of hydrogen-bond acceptors (Lipinski definition) is 4. The number of aromatic amines is 1. The fraction of sp³-hybridized carbons (Fsp3) is 0.435. The van der Waals surface area contributed by atoms with E-state index in [9.17, 15) is 9.59 Å². The maximum absolute atomic E-state index is 13.1. The van der Waals surface area contributed by atoms with E-state index in [0.29, 0.717) is 36.8 Å². The Morgan fingerprint density at radius 2 is 1.93 bits per heavy atom. The minimum absolute atomic E-state index is 0.133.